The summed E-state index contributed by atoms with van der Waals surface area (Å²) in [4.78, 5) is 0. The Labute approximate surface area is 129 Å². The minimum absolute atomic E-state index is 0.904. The summed E-state index contributed by atoms with van der Waals surface area (Å²) in [5, 5.41) is 0. The fourth-order valence-electron chi connectivity index (χ4n) is 2.87. The van der Waals surface area contributed by atoms with Gasteiger partial charge in [0.2, 0.25) is 0 Å². The standard InChI is InChI=1S/C20H40/c1-7-18(4)12-9-14-20(6)16-10-15-19(5)13-8-11-17(2)3/h18-20H,2,7-16H2,1,3-6H3. The second-order valence-corrected chi connectivity index (χ2v) is 7.43. The summed E-state index contributed by atoms with van der Waals surface area (Å²) < 4.78 is 0. The van der Waals surface area contributed by atoms with E-state index in [0.29, 0.717) is 0 Å². The fourth-order valence-corrected chi connectivity index (χ4v) is 2.87. The molecule has 0 rings (SSSR count). The van der Waals surface area contributed by atoms with E-state index in [1.165, 1.54) is 69.8 Å². The smallest absolute Gasteiger partial charge is 0.0326 e. The molecule has 120 valence electrons. The molecule has 0 N–H and O–H groups in total. The minimum Gasteiger partial charge on any atom is -0.100 e. The van der Waals surface area contributed by atoms with Gasteiger partial charge in [0.25, 0.3) is 0 Å². The molecule has 0 nitrogen and oxygen atoms in total. The lowest BCUT2D eigenvalue weighted by Gasteiger charge is -2.15. The molecule has 0 aromatic heterocycles. The van der Waals surface area contributed by atoms with E-state index in [9.17, 15) is 0 Å². The number of rotatable bonds is 13. The molecule has 0 radical (unpaired) electrons. The van der Waals surface area contributed by atoms with Crippen LogP contribution in [0.25, 0.3) is 0 Å². The minimum atomic E-state index is 0.904. The third-order valence-electron chi connectivity index (χ3n) is 4.79. The van der Waals surface area contributed by atoms with E-state index in [-0.39, 0.29) is 0 Å². The van der Waals surface area contributed by atoms with Crippen molar-refractivity contribution in [3.05, 3.63) is 12.2 Å². The SMILES string of the molecule is C=C(C)CCCC(C)CCCC(C)CCCC(C)CC. The van der Waals surface area contributed by atoms with Crippen molar-refractivity contribution in [1.29, 1.82) is 0 Å². The predicted octanol–water partition coefficient (Wildman–Crippen LogP) is 7.39. The Kier molecular flexibility index (Phi) is 12.3. The Morgan fingerprint density at radius 1 is 0.750 bits per heavy atom. The molecule has 0 heterocycles. The summed E-state index contributed by atoms with van der Waals surface area (Å²) in [6.07, 6.45) is 13.9. The van der Waals surface area contributed by atoms with E-state index in [4.69, 9.17) is 0 Å². The van der Waals surface area contributed by atoms with Crippen LogP contribution in [0, 0.1) is 17.8 Å². The van der Waals surface area contributed by atoms with Crippen LogP contribution in [-0.2, 0) is 0 Å². The highest BCUT2D eigenvalue weighted by Gasteiger charge is 2.07. The number of hydrogen-bond acceptors (Lipinski definition) is 0. The highest BCUT2D eigenvalue weighted by atomic mass is 14.1. The number of allylic oxidation sites excluding steroid dienone is 1. The first-order valence-electron chi connectivity index (χ1n) is 9.10. The molecule has 3 unspecified atom stereocenters. The predicted molar refractivity (Wildman–Crippen MR) is 94.2 cm³/mol. The summed E-state index contributed by atoms with van der Waals surface area (Å²) >= 11 is 0. The first kappa shape index (κ1) is 19.7. The van der Waals surface area contributed by atoms with Crippen molar-refractivity contribution < 1.29 is 0 Å². The Morgan fingerprint density at radius 3 is 1.55 bits per heavy atom. The molecule has 0 aliphatic heterocycles. The molecule has 0 heteroatoms. The quantitative estimate of drug-likeness (QED) is 0.308. The molecule has 0 fully saturated rings. The van der Waals surface area contributed by atoms with Crippen LogP contribution in [0.5, 0.6) is 0 Å². The average Bonchev–Trinajstić information content (AvgIpc) is 2.38. The van der Waals surface area contributed by atoms with Crippen LogP contribution in [0.4, 0.5) is 0 Å². The van der Waals surface area contributed by atoms with Gasteiger partial charge in [-0.15, -0.1) is 6.58 Å². The second-order valence-electron chi connectivity index (χ2n) is 7.43. The number of hydrogen-bond donors (Lipinski definition) is 0. The zero-order valence-electron chi connectivity index (χ0n) is 15.0. The molecule has 20 heavy (non-hydrogen) atoms. The third kappa shape index (κ3) is 12.8. The topological polar surface area (TPSA) is 0 Å². The molecule has 0 aromatic carbocycles. The van der Waals surface area contributed by atoms with Gasteiger partial charge in [0.05, 0.1) is 0 Å². The Balaban J connectivity index is 3.45. The van der Waals surface area contributed by atoms with Crippen molar-refractivity contribution >= 4 is 0 Å². The van der Waals surface area contributed by atoms with Gasteiger partial charge in [-0.1, -0.05) is 84.6 Å². The molecule has 0 bridgehead atoms. The van der Waals surface area contributed by atoms with E-state index in [1.54, 1.807) is 0 Å². The highest BCUT2D eigenvalue weighted by Crippen LogP contribution is 2.22. The maximum atomic E-state index is 3.98. The lowest BCUT2D eigenvalue weighted by molar-refractivity contribution is 0.383. The molecule has 0 amide bonds. The van der Waals surface area contributed by atoms with Gasteiger partial charge in [-0.25, -0.2) is 0 Å². The molecule has 0 aliphatic carbocycles. The van der Waals surface area contributed by atoms with E-state index in [2.05, 4.69) is 41.2 Å². The van der Waals surface area contributed by atoms with Crippen molar-refractivity contribution in [3.8, 4) is 0 Å². The molecule has 0 saturated carbocycles. The maximum absolute atomic E-state index is 3.98. The summed E-state index contributed by atoms with van der Waals surface area (Å²) in [6, 6.07) is 0. The van der Waals surface area contributed by atoms with Gasteiger partial charge in [0.15, 0.2) is 0 Å². The highest BCUT2D eigenvalue weighted by molar-refractivity contribution is 4.87. The Bertz CT molecular complexity index is 228. The third-order valence-corrected chi connectivity index (χ3v) is 4.79. The van der Waals surface area contributed by atoms with Crippen LogP contribution >= 0.6 is 0 Å². The van der Waals surface area contributed by atoms with Crippen molar-refractivity contribution in [2.45, 2.75) is 98.8 Å². The van der Waals surface area contributed by atoms with Crippen molar-refractivity contribution in [2.24, 2.45) is 17.8 Å². The van der Waals surface area contributed by atoms with Crippen LogP contribution in [-0.4, -0.2) is 0 Å². The van der Waals surface area contributed by atoms with E-state index in [0.717, 1.165) is 17.8 Å². The normalized spacial score (nSPS) is 15.8. The van der Waals surface area contributed by atoms with E-state index >= 15 is 0 Å². The van der Waals surface area contributed by atoms with Gasteiger partial charge >= 0.3 is 0 Å². The van der Waals surface area contributed by atoms with Gasteiger partial charge in [0, 0.05) is 0 Å². The van der Waals surface area contributed by atoms with E-state index in [1.807, 2.05) is 0 Å². The van der Waals surface area contributed by atoms with Gasteiger partial charge in [-0.2, -0.15) is 0 Å². The van der Waals surface area contributed by atoms with Crippen molar-refractivity contribution in [2.75, 3.05) is 0 Å². The molecule has 0 saturated heterocycles. The lowest BCUT2D eigenvalue weighted by atomic mass is 9.91. The van der Waals surface area contributed by atoms with Crippen LogP contribution in [0.15, 0.2) is 12.2 Å². The van der Waals surface area contributed by atoms with E-state index < -0.39 is 0 Å². The largest absolute Gasteiger partial charge is 0.100 e. The Hall–Kier alpha value is -0.260. The summed E-state index contributed by atoms with van der Waals surface area (Å²) in [6.45, 7) is 15.7. The summed E-state index contributed by atoms with van der Waals surface area (Å²) in [7, 11) is 0. The summed E-state index contributed by atoms with van der Waals surface area (Å²) in [5.74, 6) is 2.76. The zero-order chi connectivity index (χ0) is 15.4. The molecule has 0 aromatic rings. The maximum Gasteiger partial charge on any atom is -0.0326 e. The lowest BCUT2D eigenvalue weighted by Crippen LogP contribution is -2.00. The molecule has 3 atom stereocenters. The molecular formula is C20H40. The van der Waals surface area contributed by atoms with Gasteiger partial charge in [-0.3, -0.25) is 0 Å². The van der Waals surface area contributed by atoms with Gasteiger partial charge in [0.1, 0.15) is 0 Å². The first-order chi connectivity index (χ1) is 9.45. The van der Waals surface area contributed by atoms with Crippen molar-refractivity contribution in [3.63, 3.8) is 0 Å². The van der Waals surface area contributed by atoms with Crippen LogP contribution in [0.3, 0.4) is 0 Å². The average molecular weight is 281 g/mol. The first-order valence-corrected chi connectivity index (χ1v) is 9.10. The molecule has 0 aliphatic rings. The van der Waals surface area contributed by atoms with Crippen molar-refractivity contribution in [1.82, 2.24) is 0 Å². The Morgan fingerprint density at radius 2 is 1.15 bits per heavy atom. The van der Waals surface area contributed by atoms with Gasteiger partial charge < -0.3 is 0 Å². The van der Waals surface area contributed by atoms with Crippen LogP contribution in [0.1, 0.15) is 98.8 Å². The molecular weight excluding hydrogens is 240 g/mol. The zero-order valence-corrected chi connectivity index (χ0v) is 15.0. The fraction of sp³-hybridized carbons (Fsp3) is 0.900. The van der Waals surface area contributed by atoms with Crippen LogP contribution < -0.4 is 0 Å². The second kappa shape index (κ2) is 12.5. The monoisotopic (exact) mass is 280 g/mol. The molecule has 0 spiro atoms. The van der Waals surface area contributed by atoms with Gasteiger partial charge in [-0.05, 0) is 37.5 Å². The van der Waals surface area contributed by atoms with Crippen LogP contribution in [0.2, 0.25) is 0 Å². The summed E-state index contributed by atoms with van der Waals surface area (Å²) in [5.41, 5.74) is 1.34.